The first-order valence-electron chi connectivity index (χ1n) is 7.15. The third kappa shape index (κ3) is 2.75. The first kappa shape index (κ1) is 13.6. The van der Waals surface area contributed by atoms with Crippen LogP contribution in [0.4, 0.5) is 0 Å². The van der Waals surface area contributed by atoms with Gasteiger partial charge in [0.15, 0.2) is 11.3 Å². The van der Waals surface area contributed by atoms with Crippen molar-refractivity contribution in [3.05, 3.63) is 42.2 Å². The summed E-state index contributed by atoms with van der Waals surface area (Å²) in [6.45, 7) is 6.16. The molecule has 2 heterocycles. The number of oxazole rings is 1. The summed E-state index contributed by atoms with van der Waals surface area (Å²) in [5, 5.41) is 0. The molecule has 108 valence electrons. The second-order valence-electron chi connectivity index (χ2n) is 5.20. The number of nitrogens with zero attached hydrogens (tertiary/aromatic N) is 2. The lowest BCUT2D eigenvalue weighted by Gasteiger charge is -2.13. The van der Waals surface area contributed by atoms with Gasteiger partial charge in [-0.2, -0.15) is 0 Å². The monoisotopic (exact) mass is 282 g/mol. The normalized spacial score (nSPS) is 12.5. The SMILES string of the molecule is CCC(C)Oc1cnccc1-c1nc2cc(C)ccc2o1. The summed E-state index contributed by atoms with van der Waals surface area (Å²) >= 11 is 0. The van der Waals surface area contributed by atoms with Gasteiger partial charge in [-0.25, -0.2) is 4.98 Å². The highest BCUT2D eigenvalue weighted by atomic mass is 16.5. The van der Waals surface area contributed by atoms with Gasteiger partial charge in [0.2, 0.25) is 5.89 Å². The molecule has 0 aliphatic carbocycles. The van der Waals surface area contributed by atoms with Crippen LogP contribution in [0.2, 0.25) is 0 Å². The quantitative estimate of drug-likeness (QED) is 0.712. The van der Waals surface area contributed by atoms with Crippen LogP contribution in [0.3, 0.4) is 0 Å². The Balaban J connectivity index is 2.05. The van der Waals surface area contributed by atoms with Crippen LogP contribution in [-0.2, 0) is 0 Å². The molecule has 0 saturated heterocycles. The third-order valence-corrected chi connectivity index (χ3v) is 3.46. The molecule has 4 heteroatoms. The van der Waals surface area contributed by atoms with Crippen molar-refractivity contribution in [2.24, 2.45) is 0 Å². The summed E-state index contributed by atoms with van der Waals surface area (Å²) in [6, 6.07) is 7.84. The standard InChI is InChI=1S/C17H18N2O2/c1-4-12(3)20-16-10-18-8-7-13(16)17-19-14-9-11(2)5-6-15(14)21-17/h5-10,12H,4H2,1-3H3. The molecule has 0 bridgehead atoms. The number of aryl methyl sites for hydroxylation is 1. The number of benzene rings is 1. The Morgan fingerprint density at radius 1 is 1.29 bits per heavy atom. The Bertz CT molecular complexity index is 764. The largest absolute Gasteiger partial charge is 0.488 e. The molecule has 21 heavy (non-hydrogen) atoms. The zero-order valence-corrected chi connectivity index (χ0v) is 12.5. The molecule has 3 rings (SSSR count). The van der Waals surface area contributed by atoms with E-state index in [0.717, 1.165) is 28.6 Å². The molecule has 3 aromatic rings. The molecule has 0 radical (unpaired) electrons. The van der Waals surface area contributed by atoms with Crippen molar-refractivity contribution in [1.29, 1.82) is 0 Å². The van der Waals surface area contributed by atoms with Gasteiger partial charge in [-0.05, 0) is 44.0 Å². The summed E-state index contributed by atoms with van der Waals surface area (Å²) in [4.78, 5) is 8.69. The lowest BCUT2D eigenvalue weighted by atomic mass is 10.2. The van der Waals surface area contributed by atoms with Crippen LogP contribution < -0.4 is 4.74 Å². The van der Waals surface area contributed by atoms with Gasteiger partial charge in [-0.3, -0.25) is 4.98 Å². The lowest BCUT2D eigenvalue weighted by Crippen LogP contribution is -2.10. The molecule has 0 saturated carbocycles. The van der Waals surface area contributed by atoms with Crippen molar-refractivity contribution in [2.75, 3.05) is 0 Å². The van der Waals surface area contributed by atoms with E-state index in [1.165, 1.54) is 0 Å². The summed E-state index contributed by atoms with van der Waals surface area (Å²) < 4.78 is 11.8. The molecule has 1 aromatic carbocycles. The number of rotatable bonds is 4. The maximum atomic E-state index is 5.91. The van der Waals surface area contributed by atoms with E-state index in [2.05, 4.69) is 16.9 Å². The molecule has 2 aromatic heterocycles. The van der Waals surface area contributed by atoms with Gasteiger partial charge < -0.3 is 9.15 Å². The Hall–Kier alpha value is -2.36. The van der Waals surface area contributed by atoms with E-state index < -0.39 is 0 Å². The predicted octanol–water partition coefficient (Wildman–Crippen LogP) is 4.38. The highest BCUT2D eigenvalue weighted by Crippen LogP contribution is 2.31. The molecule has 0 N–H and O–H groups in total. The zero-order chi connectivity index (χ0) is 14.8. The van der Waals surface area contributed by atoms with E-state index in [9.17, 15) is 0 Å². The Labute approximate surface area is 123 Å². The second-order valence-corrected chi connectivity index (χ2v) is 5.20. The molecule has 0 fully saturated rings. The van der Waals surface area contributed by atoms with Crippen molar-refractivity contribution in [1.82, 2.24) is 9.97 Å². The first-order chi connectivity index (χ1) is 10.2. The van der Waals surface area contributed by atoms with Crippen LogP contribution >= 0.6 is 0 Å². The Kier molecular flexibility index (Phi) is 3.60. The molecular formula is C17H18N2O2. The third-order valence-electron chi connectivity index (χ3n) is 3.46. The predicted molar refractivity (Wildman–Crippen MR) is 82.4 cm³/mol. The maximum absolute atomic E-state index is 5.91. The fraction of sp³-hybridized carbons (Fsp3) is 0.294. The van der Waals surface area contributed by atoms with E-state index in [1.807, 2.05) is 38.1 Å². The van der Waals surface area contributed by atoms with Crippen molar-refractivity contribution in [3.8, 4) is 17.2 Å². The van der Waals surface area contributed by atoms with Crippen LogP contribution in [0.5, 0.6) is 5.75 Å². The number of hydrogen-bond acceptors (Lipinski definition) is 4. The van der Waals surface area contributed by atoms with E-state index in [4.69, 9.17) is 9.15 Å². The van der Waals surface area contributed by atoms with E-state index in [-0.39, 0.29) is 6.10 Å². The summed E-state index contributed by atoms with van der Waals surface area (Å²) in [5.74, 6) is 1.27. The van der Waals surface area contributed by atoms with E-state index in [0.29, 0.717) is 11.6 Å². The van der Waals surface area contributed by atoms with Crippen LogP contribution in [0.1, 0.15) is 25.8 Å². The molecule has 4 nitrogen and oxygen atoms in total. The minimum Gasteiger partial charge on any atom is -0.488 e. The van der Waals surface area contributed by atoms with Crippen molar-refractivity contribution >= 4 is 11.1 Å². The number of fused-ring (bicyclic) bond motifs is 1. The molecule has 0 amide bonds. The van der Waals surface area contributed by atoms with Gasteiger partial charge in [0.1, 0.15) is 5.52 Å². The molecular weight excluding hydrogens is 264 g/mol. The maximum Gasteiger partial charge on any atom is 0.231 e. The molecule has 0 aliphatic heterocycles. The van der Waals surface area contributed by atoms with Crippen molar-refractivity contribution < 1.29 is 9.15 Å². The van der Waals surface area contributed by atoms with E-state index in [1.54, 1.807) is 12.4 Å². The van der Waals surface area contributed by atoms with Gasteiger partial charge in [0.25, 0.3) is 0 Å². The minimum absolute atomic E-state index is 0.125. The van der Waals surface area contributed by atoms with Crippen LogP contribution in [0, 0.1) is 6.92 Å². The lowest BCUT2D eigenvalue weighted by molar-refractivity contribution is 0.217. The van der Waals surface area contributed by atoms with Gasteiger partial charge in [-0.1, -0.05) is 13.0 Å². The van der Waals surface area contributed by atoms with E-state index >= 15 is 0 Å². The molecule has 0 spiro atoms. The van der Waals surface area contributed by atoms with Crippen LogP contribution in [-0.4, -0.2) is 16.1 Å². The first-order valence-corrected chi connectivity index (χ1v) is 7.15. The Morgan fingerprint density at radius 2 is 2.14 bits per heavy atom. The van der Waals surface area contributed by atoms with Crippen LogP contribution in [0.15, 0.2) is 41.1 Å². The average molecular weight is 282 g/mol. The minimum atomic E-state index is 0.125. The number of pyridine rings is 1. The van der Waals surface area contributed by atoms with Crippen LogP contribution in [0.25, 0.3) is 22.6 Å². The van der Waals surface area contributed by atoms with Crippen molar-refractivity contribution in [2.45, 2.75) is 33.3 Å². The van der Waals surface area contributed by atoms with Gasteiger partial charge >= 0.3 is 0 Å². The average Bonchev–Trinajstić information content (AvgIpc) is 2.90. The highest BCUT2D eigenvalue weighted by molar-refractivity contribution is 5.78. The summed E-state index contributed by atoms with van der Waals surface area (Å²) in [7, 11) is 0. The fourth-order valence-electron chi connectivity index (χ4n) is 2.10. The highest BCUT2D eigenvalue weighted by Gasteiger charge is 2.15. The summed E-state index contributed by atoms with van der Waals surface area (Å²) in [6.07, 6.45) is 4.49. The number of aromatic nitrogens is 2. The molecule has 1 atom stereocenters. The van der Waals surface area contributed by atoms with Gasteiger partial charge in [-0.15, -0.1) is 0 Å². The Morgan fingerprint density at radius 3 is 2.95 bits per heavy atom. The number of ether oxygens (including phenoxy) is 1. The zero-order valence-electron chi connectivity index (χ0n) is 12.5. The smallest absolute Gasteiger partial charge is 0.231 e. The van der Waals surface area contributed by atoms with Crippen molar-refractivity contribution in [3.63, 3.8) is 0 Å². The number of hydrogen-bond donors (Lipinski definition) is 0. The van der Waals surface area contributed by atoms with Gasteiger partial charge in [0, 0.05) is 6.20 Å². The molecule has 1 unspecified atom stereocenters. The second kappa shape index (κ2) is 5.56. The fourth-order valence-corrected chi connectivity index (χ4v) is 2.10. The molecule has 0 aliphatic rings. The summed E-state index contributed by atoms with van der Waals surface area (Å²) in [5.41, 5.74) is 3.63. The van der Waals surface area contributed by atoms with Gasteiger partial charge in [0.05, 0.1) is 17.9 Å². The topological polar surface area (TPSA) is 48.2 Å².